The maximum absolute atomic E-state index is 11.6. The molecule has 1 atom stereocenters. The van der Waals surface area contributed by atoms with Crippen LogP contribution >= 0.6 is 0 Å². The van der Waals surface area contributed by atoms with Crippen molar-refractivity contribution in [3.63, 3.8) is 0 Å². The van der Waals surface area contributed by atoms with Crippen LogP contribution in [0.3, 0.4) is 0 Å². The molecule has 27 heavy (non-hydrogen) atoms. The molecular weight excluding hydrogens is 342 g/mol. The minimum absolute atomic E-state index is 0.179. The Labute approximate surface area is 157 Å². The summed E-state index contributed by atoms with van der Waals surface area (Å²) in [5.74, 6) is -0.211. The summed E-state index contributed by atoms with van der Waals surface area (Å²) in [6.45, 7) is 1.85. The minimum Gasteiger partial charge on any atom is -0.478 e. The highest BCUT2D eigenvalue weighted by Crippen LogP contribution is 2.34. The minimum atomic E-state index is -0.994. The van der Waals surface area contributed by atoms with Crippen molar-refractivity contribution in [3.05, 3.63) is 60.6 Å². The van der Waals surface area contributed by atoms with E-state index in [-0.39, 0.29) is 11.6 Å². The van der Waals surface area contributed by atoms with Crippen molar-refractivity contribution in [2.75, 3.05) is 18.4 Å². The van der Waals surface area contributed by atoms with E-state index in [4.69, 9.17) is 0 Å². The first-order chi connectivity index (χ1) is 13.2. The van der Waals surface area contributed by atoms with Gasteiger partial charge in [0.15, 0.2) is 0 Å². The Morgan fingerprint density at radius 3 is 2.81 bits per heavy atom. The Bertz CT molecular complexity index is 933. The fourth-order valence-corrected chi connectivity index (χ4v) is 3.44. The molecule has 2 aromatic heterocycles. The topological polar surface area (TPSA) is 92.1 Å². The maximum Gasteiger partial charge on any atom is 0.337 e. The maximum atomic E-state index is 11.6. The molecule has 7 heteroatoms. The van der Waals surface area contributed by atoms with E-state index in [9.17, 15) is 9.90 Å². The van der Waals surface area contributed by atoms with Crippen molar-refractivity contribution in [3.8, 4) is 11.1 Å². The summed E-state index contributed by atoms with van der Waals surface area (Å²) in [4.78, 5) is 15.7. The van der Waals surface area contributed by atoms with E-state index < -0.39 is 5.97 Å². The molecule has 3 N–H and O–H groups in total. The Morgan fingerprint density at radius 1 is 1.22 bits per heavy atom. The third-order valence-electron chi connectivity index (χ3n) is 4.80. The number of aromatic nitrogens is 3. The van der Waals surface area contributed by atoms with Gasteiger partial charge in [0.2, 0.25) is 0 Å². The van der Waals surface area contributed by atoms with Gasteiger partial charge in [-0.1, -0.05) is 30.3 Å². The molecule has 1 aliphatic rings. The van der Waals surface area contributed by atoms with E-state index in [1.54, 1.807) is 0 Å². The quantitative estimate of drug-likeness (QED) is 0.644. The lowest BCUT2D eigenvalue weighted by Gasteiger charge is -2.25. The van der Waals surface area contributed by atoms with Gasteiger partial charge in [0.05, 0.1) is 29.7 Å². The van der Waals surface area contributed by atoms with Crippen LogP contribution in [0, 0.1) is 0 Å². The summed E-state index contributed by atoms with van der Waals surface area (Å²) >= 11 is 0. The predicted molar refractivity (Wildman–Crippen MR) is 103 cm³/mol. The first-order valence-electron chi connectivity index (χ1n) is 9.02. The summed E-state index contributed by atoms with van der Waals surface area (Å²) in [5.41, 5.74) is 2.59. The normalized spacial score (nSPS) is 16.8. The van der Waals surface area contributed by atoms with Gasteiger partial charge in [-0.15, -0.1) is 0 Å². The van der Waals surface area contributed by atoms with E-state index in [0.717, 1.165) is 42.9 Å². The fraction of sp³-hybridized carbons (Fsp3) is 0.250. The zero-order valence-corrected chi connectivity index (χ0v) is 14.8. The van der Waals surface area contributed by atoms with Crippen LogP contribution in [-0.2, 0) is 0 Å². The number of hydrogen-bond acceptors (Lipinski definition) is 5. The van der Waals surface area contributed by atoms with Crippen LogP contribution in [0.2, 0.25) is 0 Å². The number of pyridine rings is 1. The van der Waals surface area contributed by atoms with Crippen LogP contribution in [0.1, 0.15) is 29.2 Å². The van der Waals surface area contributed by atoms with Crippen molar-refractivity contribution in [1.82, 2.24) is 20.1 Å². The third-order valence-corrected chi connectivity index (χ3v) is 4.80. The van der Waals surface area contributed by atoms with Crippen molar-refractivity contribution in [2.24, 2.45) is 0 Å². The van der Waals surface area contributed by atoms with Crippen molar-refractivity contribution in [1.29, 1.82) is 0 Å². The summed E-state index contributed by atoms with van der Waals surface area (Å²) < 4.78 is 1.97. The van der Waals surface area contributed by atoms with Gasteiger partial charge < -0.3 is 15.7 Å². The molecule has 1 fully saturated rings. The second kappa shape index (κ2) is 7.59. The van der Waals surface area contributed by atoms with Crippen molar-refractivity contribution in [2.45, 2.75) is 18.9 Å². The van der Waals surface area contributed by atoms with Crippen molar-refractivity contribution < 1.29 is 9.90 Å². The Kier molecular flexibility index (Phi) is 4.84. The number of hydrogen-bond donors (Lipinski definition) is 3. The van der Waals surface area contributed by atoms with E-state index in [1.165, 1.54) is 18.5 Å². The monoisotopic (exact) mass is 363 g/mol. The van der Waals surface area contributed by atoms with E-state index >= 15 is 0 Å². The van der Waals surface area contributed by atoms with Gasteiger partial charge in [0, 0.05) is 18.3 Å². The van der Waals surface area contributed by atoms with E-state index in [2.05, 4.69) is 20.7 Å². The van der Waals surface area contributed by atoms with Gasteiger partial charge in [-0.3, -0.25) is 4.98 Å². The van der Waals surface area contributed by atoms with E-state index in [1.807, 2.05) is 41.2 Å². The van der Waals surface area contributed by atoms with Crippen LogP contribution in [0.4, 0.5) is 11.5 Å². The number of nitrogens with one attached hydrogen (secondary N) is 2. The highest BCUT2D eigenvalue weighted by atomic mass is 16.4. The van der Waals surface area contributed by atoms with Gasteiger partial charge in [-0.05, 0) is 31.0 Å². The molecule has 7 nitrogen and oxygen atoms in total. The molecule has 1 unspecified atom stereocenters. The first-order valence-corrected chi connectivity index (χ1v) is 9.02. The average Bonchev–Trinajstić information content (AvgIpc) is 3.13. The number of aromatic carboxylic acids is 1. The van der Waals surface area contributed by atoms with Crippen LogP contribution < -0.4 is 10.6 Å². The van der Waals surface area contributed by atoms with Gasteiger partial charge in [-0.2, -0.15) is 5.10 Å². The number of piperidine rings is 1. The molecule has 1 aliphatic heterocycles. The lowest BCUT2D eigenvalue weighted by atomic mass is 10.1. The zero-order valence-electron chi connectivity index (χ0n) is 14.8. The number of carboxylic acids is 1. The Morgan fingerprint density at radius 2 is 2.07 bits per heavy atom. The summed E-state index contributed by atoms with van der Waals surface area (Å²) in [6, 6.07) is 11.7. The summed E-state index contributed by atoms with van der Waals surface area (Å²) in [6.07, 6.45) is 6.96. The highest BCUT2D eigenvalue weighted by molar-refractivity contribution is 5.95. The molecule has 0 bridgehead atoms. The van der Waals surface area contributed by atoms with Crippen LogP contribution in [0.25, 0.3) is 11.1 Å². The van der Waals surface area contributed by atoms with Crippen LogP contribution in [0.5, 0.6) is 0 Å². The van der Waals surface area contributed by atoms with Crippen LogP contribution in [-0.4, -0.2) is 38.9 Å². The van der Waals surface area contributed by atoms with Gasteiger partial charge in [-0.25, -0.2) is 9.48 Å². The average molecular weight is 363 g/mol. The zero-order chi connectivity index (χ0) is 18.6. The van der Waals surface area contributed by atoms with Crippen molar-refractivity contribution >= 4 is 17.5 Å². The molecule has 1 saturated heterocycles. The number of anilines is 2. The number of benzene rings is 1. The van der Waals surface area contributed by atoms with Gasteiger partial charge >= 0.3 is 5.97 Å². The Hall–Kier alpha value is -3.19. The van der Waals surface area contributed by atoms with Gasteiger partial charge in [0.1, 0.15) is 5.82 Å². The SMILES string of the molecule is O=C(O)c1ccncc1Nc1c(-c2ccccc2)cnn1C1CCCNC1. The predicted octanol–water partition coefficient (Wildman–Crippen LogP) is 3.31. The summed E-state index contributed by atoms with van der Waals surface area (Å²) in [5, 5.41) is 20.8. The standard InChI is InChI=1S/C20H21N5O2/c26-20(27)16-8-10-22-13-18(16)24-19-17(14-5-2-1-3-6-14)12-23-25(19)15-7-4-9-21-11-15/h1-3,5-6,8,10,12-13,15,21,24H,4,7,9,11H2,(H,26,27). The molecule has 1 aromatic carbocycles. The summed E-state index contributed by atoms with van der Waals surface area (Å²) in [7, 11) is 0. The molecule has 0 aliphatic carbocycles. The molecule has 138 valence electrons. The Balaban J connectivity index is 1.79. The number of rotatable bonds is 5. The van der Waals surface area contributed by atoms with Crippen LogP contribution in [0.15, 0.2) is 55.0 Å². The lowest BCUT2D eigenvalue weighted by Crippen LogP contribution is -2.32. The molecule has 3 heterocycles. The number of carboxylic acid groups (broad SMARTS) is 1. The number of nitrogens with zero attached hydrogens (tertiary/aromatic N) is 3. The molecule has 4 rings (SSSR count). The molecule has 0 saturated carbocycles. The highest BCUT2D eigenvalue weighted by Gasteiger charge is 2.23. The lowest BCUT2D eigenvalue weighted by molar-refractivity contribution is 0.0698. The molecule has 0 radical (unpaired) electrons. The molecule has 0 amide bonds. The fourth-order valence-electron chi connectivity index (χ4n) is 3.44. The van der Waals surface area contributed by atoms with E-state index in [0.29, 0.717) is 5.69 Å². The first kappa shape index (κ1) is 17.2. The second-order valence-electron chi connectivity index (χ2n) is 6.57. The molecular formula is C20H21N5O2. The van der Waals surface area contributed by atoms with Gasteiger partial charge in [0.25, 0.3) is 0 Å². The smallest absolute Gasteiger partial charge is 0.337 e. The molecule has 0 spiro atoms. The number of carbonyl (C=O) groups is 1. The molecule has 3 aromatic rings. The third kappa shape index (κ3) is 3.54. The largest absolute Gasteiger partial charge is 0.478 e. The second-order valence-corrected chi connectivity index (χ2v) is 6.57.